The minimum absolute atomic E-state index is 0.0350. The van der Waals surface area contributed by atoms with Crippen LogP contribution in [0.4, 0.5) is 16.2 Å². The van der Waals surface area contributed by atoms with Crippen molar-refractivity contribution in [3.8, 4) is 0 Å². The normalized spacial score (nSPS) is 11.6. The molecule has 0 saturated heterocycles. The van der Waals surface area contributed by atoms with Crippen LogP contribution in [-0.4, -0.2) is 20.1 Å². The summed E-state index contributed by atoms with van der Waals surface area (Å²) in [6.07, 6.45) is 0. The summed E-state index contributed by atoms with van der Waals surface area (Å²) >= 11 is 0. The monoisotopic (exact) mass is 283 g/mol. The van der Waals surface area contributed by atoms with E-state index in [1.54, 1.807) is 0 Å². The highest BCUT2D eigenvalue weighted by Crippen LogP contribution is 2.16. The lowest BCUT2D eigenvalue weighted by Crippen LogP contribution is -2.31. The fraction of sp³-hybridized carbons (Fsp3) is 0.235. The standard InChI is InChI=1S/C17H21N3O/c1-13(14-7-5-4-6-8-14)18-17(21)19-15-9-11-16(12-10-15)20(2)3/h4-13H,1-3H3,(H2,18,19,21). The second-order valence-electron chi connectivity index (χ2n) is 5.17. The van der Waals surface area contributed by atoms with Gasteiger partial charge in [-0.1, -0.05) is 30.3 Å². The third kappa shape index (κ3) is 4.24. The summed E-state index contributed by atoms with van der Waals surface area (Å²) in [7, 11) is 3.97. The summed E-state index contributed by atoms with van der Waals surface area (Å²) in [5.41, 5.74) is 2.95. The predicted molar refractivity (Wildman–Crippen MR) is 87.8 cm³/mol. The largest absolute Gasteiger partial charge is 0.378 e. The van der Waals surface area contributed by atoms with Crippen molar-refractivity contribution in [2.24, 2.45) is 0 Å². The number of urea groups is 1. The number of hydrogen-bond donors (Lipinski definition) is 2. The lowest BCUT2D eigenvalue weighted by atomic mass is 10.1. The molecule has 0 heterocycles. The minimum atomic E-state index is -0.205. The van der Waals surface area contributed by atoms with Crippen molar-refractivity contribution in [3.05, 3.63) is 60.2 Å². The first-order valence-corrected chi connectivity index (χ1v) is 6.96. The molecule has 0 fully saturated rings. The molecule has 2 aromatic carbocycles. The molecule has 2 aromatic rings. The van der Waals surface area contributed by atoms with Crippen LogP contribution in [0.25, 0.3) is 0 Å². The van der Waals surface area contributed by atoms with Crippen LogP contribution in [-0.2, 0) is 0 Å². The van der Waals surface area contributed by atoms with Gasteiger partial charge < -0.3 is 15.5 Å². The van der Waals surface area contributed by atoms with E-state index in [0.717, 1.165) is 16.9 Å². The van der Waals surface area contributed by atoms with Crippen molar-refractivity contribution in [3.63, 3.8) is 0 Å². The first kappa shape index (κ1) is 14.9. The van der Waals surface area contributed by atoms with E-state index in [-0.39, 0.29) is 12.1 Å². The Morgan fingerprint density at radius 2 is 1.62 bits per heavy atom. The van der Waals surface area contributed by atoms with Gasteiger partial charge in [0, 0.05) is 25.5 Å². The van der Waals surface area contributed by atoms with Crippen LogP contribution in [0.5, 0.6) is 0 Å². The molecule has 4 heteroatoms. The first-order valence-electron chi connectivity index (χ1n) is 6.96. The molecule has 0 aliphatic heterocycles. The molecule has 1 unspecified atom stereocenters. The molecule has 0 bridgehead atoms. The van der Waals surface area contributed by atoms with Gasteiger partial charge in [-0.3, -0.25) is 0 Å². The van der Waals surface area contributed by atoms with E-state index in [0.29, 0.717) is 0 Å². The van der Waals surface area contributed by atoms with Crippen LogP contribution in [0, 0.1) is 0 Å². The topological polar surface area (TPSA) is 44.4 Å². The van der Waals surface area contributed by atoms with E-state index >= 15 is 0 Å². The number of nitrogens with one attached hydrogen (secondary N) is 2. The molecule has 0 spiro atoms. The van der Waals surface area contributed by atoms with E-state index < -0.39 is 0 Å². The maximum Gasteiger partial charge on any atom is 0.319 e. The highest BCUT2D eigenvalue weighted by molar-refractivity contribution is 5.89. The third-order valence-electron chi connectivity index (χ3n) is 3.29. The summed E-state index contributed by atoms with van der Waals surface area (Å²) < 4.78 is 0. The molecule has 0 aliphatic rings. The smallest absolute Gasteiger partial charge is 0.319 e. The van der Waals surface area contributed by atoms with Crippen LogP contribution in [0.1, 0.15) is 18.5 Å². The van der Waals surface area contributed by atoms with E-state index in [4.69, 9.17) is 0 Å². The Morgan fingerprint density at radius 3 is 2.19 bits per heavy atom. The van der Waals surface area contributed by atoms with E-state index in [2.05, 4.69) is 10.6 Å². The van der Waals surface area contributed by atoms with Crippen molar-refractivity contribution in [1.29, 1.82) is 0 Å². The van der Waals surface area contributed by atoms with Crippen molar-refractivity contribution >= 4 is 17.4 Å². The zero-order valence-electron chi connectivity index (χ0n) is 12.6. The van der Waals surface area contributed by atoms with Gasteiger partial charge in [0.05, 0.1) is 6.04 Å². The molecule has 2 amide bonds. The Hall–Kier alpha value is -2.49. The fourth-order valence-electron chi connectivity index (χ4n) is 2.03. The van der Waals surface area contributed by atoms with E-state index in [9.17, 15) is 4.79 Å². The van der Waals surface area contributed by atoms with E-state index in [1.807, 2.05) is 80.5 Å². The molecule has 1 atom stereocenters. The van der Waals surface area contributed by atoms with Crippen LogP contribution >= 0.6 is 0 Å². The molecular formula is C17H21N3O. The lowest BCUT2D eigenvalue weighted by Gasteiger charge is -2.16. The summed E-state index contributed by atoms with van der Waals surface area (Å²) in [4.78, 5) is 14.0. The number of nitrogens with zero attached hydrogens (tertiary/aromatic N) is 1. The molecule has 2 N–H and O–H groups in total. The van der Waals surface area contributed by atoms with Gasteiger partial charge in [0.2, 0.25) is 0 Å². The summed E-state index contributed by atoms with van der Waals surface area (Å²) in [6, 6.07) is 17.4. The lowest BCUT2D eigenvalue weighted by molar-refractivity contribution is 0.249. The van der Waals surface area contributed by atoms with E-state index in [1.165, 1.54) is 0 Å². The SMILES string of the molecule is CC(NC(=O)Nc1ccc(N(C)C)cc1)c1ccccc1. The van der Waals surface area contributed by atoms with Crippen LogP contribution in [0.3, 0.4) is 0 Å². The zero-order chi connectivity index (χ0) is 15.2. The number of carbonyl (C=O) groups is 1. The molecule has 0 radical (unpaired) electrons. The van der Waals surface area contributed by atoms with Gasteiger partial charge in [-0.2, -0.15) is 0 Å². The first-order chi connectivity index (χ1) is 10.1. The maximum absolute atomic E-state index is 12.0. The highest BCUT2D eigenvalue weighted by atomic mass is 16.2. The molecule has 2 rings (SSSR count). The number of anilines is 2. The van der Waals surface area contributed by atoms with Crippen molar-refractivity contribution < 1.29 is 4.79 Å². The second-order valence-corrected chi connectivity index (χ2v) is 5.17. The zero-order valence-corrected chi connectivity index (χ0v) is 12.6. The molecule has 0 aromatic heterocycles. The van der Waals surface area contributed by atoms with Crippen molar-refractivity contribution in [1.82, 2.24) is 5.32 Å². The average Bonchev–Trinajstić information content (AvgIpc) is 2.48. The fourth-order valence-corrected chi connectivity index (χ4v) is 2.03. The predicted octanol–water partition coefficient (Wildman–Crippen LogP) is 3.64. The molecule has 21 heavy (non-hydrogen) atoms. The third-order valence-corrected chi connectivity index (χ3v) is 3.29. The Bertz CT molecular complexity index is 579. The van der Waals surface area contributed by atoms with Gasteiger partial charge in [-0.05, 0) is 36.8 Å². The van der Waals surface area contributed by atoms with Crippen molar-refractivity contribution in [2.45, 2.75) is 13.0 Å². The van der Waals surface area contributed by atoms with Gasteiger partial charge in [0.15, 0.2) is 0 Å². The molecular weight excluding hydrogens is 262 g/mol. The number of benzene rings is 2. The van der Waals surface area contributed by atoms with Crippen LogP contribution < -0.4 is 15.5 Å². The Labute approximate surface area is 125 Å². The average molecular weight is 283 g/mol. The van der Waals surface area contributed by atoms with Crippen molar-refractivity contribution in [2.75, 3.05) is 24.3 Å². The second kappa shape index (κ2) is 6.79. The summed E-state index contributed by atoms with van der Waals surface area (Å²) in [5.74, 6) is 0. The van der Waals surface area contributed by atoms with Gasteiger partial charge >= 0.3 is 6.03 Å². The molecule has 0 saturated carbocycles. The summed E-state index contributed by atoms with van der Waals surface area (Å²) in [6.45, 7) is 1.96. The van der Waals surface area contributed by atoms with Gasteiger partial charge in [0.1, 0.15) is 0 Å². The number of carbonyl (C=O) groups excluding carboxylic acids is 1. The quantitative estimate of drug-likeness (QED) is 0.900. The Balaban J connectivity index is 1.92. The van der Waals surface area contributed by atoms with Gasteiger partial charge in [-0.15, -0.1) is 0 Å². The maximum atomic E-state index is 12.0. The Kier molecular flexibility index (Phi) is 4.82. The number of amides is 2. The number of rotatable bonds is 4. The minimum Gasteiger partial charge on any atom is -0.378 e. The van der Waals surface area contributed by atoms with Crippen LogP contribution in [0.2, 0.25) is 0 Å². The highest BCUT2D eigenvalue weighted by Gasteiger charge is 2.09. The Morgan fingerprint density at radius 1 is 1.00 bits per heavy atom. The number of hydrogen-bond acceptors (Lipinski definition) is 2. The summed E-state index contributed by atoms with van der Waals surface area (Å²) in [5, 5.41) is 5.76. The molecule has 0 aliphatic carbocycles. The van der Waals surface area contributed by atoms with Gasteiger partial charge in [-0.25, -0.2) is 4.79 Å². The molecule has 110 valence electrons. The molecule has 4 nitrogen and oxygen atoms in total. The van der Waals surface area contributed by atoms with Gasteiger partial charge in [0.25, 0.3) is 0 Å². The van der Waals surface area contributed by atoms with Crippen LogP contribution in [0.15, 0.2) is 54.6 Å².